The SMILES string of the molecule is CC(=O)c1cc(N2CCC(CNC(=O)OC(C)(C)C)CC2)nc(Cl)n1.CC(=O)c1cc(N2CCC(CNC(=O)OC(C)(C)C)CC2)ncn1. The number of hydrogen-bond acceptors (Lipinski definition) is 12. The lowest BCUT2D eigenvalue weighted by molar-refractivity contribution is 0.0505. The molecular weight excluding hydrogens is 652 g/mol. The minimum absolute atomic E-state index is 0.0601. The monoisotopic (exact) mass is 702 g/mol. The van der Waals surface area contributed by atoms with E-state index in [0.717, 1.165) is 57.7 Å². The first-order valence-corrected chi connectivity index (χ1v) is 17.1. The number of halogens is 1. The molecule has 4 rings (SSSR count). The van der Waals surface area contributed by atoms with E-state index in [9.17, 15) is 19.2 Å². The Kier molecular flexibility index (Phi) is 14.1. The number of aromatic nitrogens is 4. The number of Topliss-reactive ketones (excluding diaryl/α,β-unsaturated/α-hetero) is 2. The van der Waals surface area contributed by atoms with Crippen LogP contribution in [0.4, 0.5) is 21.2 Å². The molecule has 0 aromatic carbocycles. The van der Waals surface area contributed by atoms with Crippen LogP contribution in [0.25, 0.3) is 0 Å². The Morgan fingerprint density at radius 1 is 0.714 bits per heavy atom. The average Bonchev–Trinajstić information content (AvgIpc) is 3.02. The van der Waals surface area contributed by atoms with Crippen LogP contribution in [0.5, 0.6) is 0 Å². The zero-order valence-corrected chi connectivity index (χ0v) is 30.7. The molecule has 2 saturated heterocycles. The van der Waals surface area contributed by atoms with E-state index >= 15 is 0 Å². The maximum Gasteiger partial charge on any atom is 0.407 e. The van der Waals surface area contributed by atoms with Gasteiger partial charge in [0, 0.05) is 65.2 Å². The molecular formula is C34H51ClN8O6. The molecule has 0 bridgehead atoms. The van der Waals surface area contributed by atoms with Crippen LogP contribution in [0, 0.1) is 11.8 Å². The van der Waals surface area contributed by atoms with Crippen LogP contribution in [0.3, 0.4) is 0 Å². The van der Waals surface area contributed by atoms with Gasteiger partial charge in [-0.25, -0.2) is 29.5 Å². The van der Waals surface area contributed by atoms with Gasteiger partial charge in [0.2, 0.25) is 5.28 Å². The van der Waals surface area contributed by atoms with Crippen LogP contribution in [-0.4, -0.2) is 94.2 Å². The highest BCUT2D eigenvalue weighted by Crippen LogP contribution is 2.24. The molecule has 4 heterocycles. The van der Waals surface area contributed by atoms with E-state index in [1.54, 1.807) is 12.1 Å². The van der Waals surface area contributed by atoms with Crippen molar-refractivity contribution >= 4 is 47.0 Å². The minimum Gasteiger partial charge on any atom is -0.444 e. The molecule has 2 aromatic heterocycles. The summed E-state index contributed by atoms with van der Waals surface area (Å²) in [5.74, 6) is 2.06. The van der Waals surface area contributed by atoms with Crippen LogP contribution in [0.15, 0.2) is 18.5 Å². The Morgan fingerprint density at radius 3 is 1.57 bits per heavy atom. The molecule has 2 aromatic rings. The fourth-order valence-electron chi connectivity index (χ4n) is 5.28. The molecule has 14 nitrogen and oxygen atoms in total. The number of anilines is 2. The zero-order chi connectivity index (χ0) is 36.4. The van der Waals surface area contributed by atoms with Crippen LogP contribution in [0.1, 0.15) is 102 Å². The van der Waals surface area contributed by atoms with Crippen molar-refractivity contribution in [2.75, 3.05) is 49.1 Å². The number of hydrogen-bond donors (Lipinski definition) is 2. The van der Waals surface area contributed by atoms with Gasteiger partial charge in [0.25, 0.3) is 0 Å². The fourth-order valence-corrected chi connectivity index (χ4v) is 5.45. The van der Waals surface area contributed by atoms with E-state index < -0.39 is 11.2 Å². The molecule has 2 N–H and O–H groups in total. The molecule has 0 radical (unpaired) electrons. The predicted molar refractivity (Wildman–Crippen MR) is 187 cm³/mol. The van der Waals surface area contributed by atoms with E-state index in [1.807, 2.05) is 41.5 Å². The first-order valence-electron chi connectivity index (χ1n) is 16.7. The van der Waals surface area contributed by atoms with Crippen molar-refractivity contribution in [3.05, 3.63) is 35.1 Å². The van der Waals surface area contributed by atoms with E-state index in [0.29, 0.717) is 42.1 Å². The minimum atomic E-state index is -0.492. The number of nitrogens with one attached hydrogen (secondary N) is 2. The third-order valence-electron chi connectivity index (χ3n) is 7.80. The summed E-state index contributed by atoms with van der Waals surface area (Å²) in [5.41, 5.74) is -0.208. The highest BCUT2D eigenvalue weighted by Gasteiger charge is 2.25. The maximum absolute atomic E-state index is 11.7. The Hall–Kier alpha value is -4.07. The van der Waals surface area contributed by atoms with Gasteiger partial charge in [-0.05, 0) is 90.7 Å². The largest absolute Gasteiger partial charge is 0.444 e. The number of piperidine rings is 2. The number of nitrogens with zero attached hydrogens (tertiary/aromatic N) is 6. The topological polar surface area (TPSA) is 169 Å². The van der Waals surface area contributed by atoms with Crippen molar-refractivity contribution in [3.63, 3.8) is 0 Å². The summed E-state index contributed by atoms with van der Waals surface area (Å²) in [4.78, 5) is 67.0. The first kappa shape index (κ1) is 39.4. The molecule has 0 atom stereocenters. The molecule has 0 unspecified atom stereocenters. The average molecular weight is 703 g/mol. The lowest BCUT2D eigenvalue weighted by Gasteiger charge is -2.33. The lowest BCUT2D eigenvalue weighted by atomic mass is 9.97. The van der Waals surface area contributed by atoms with Gasteiger partial charge in [0.15, 0.2) is 11.6 Å². The van der Waals surface area contributed by atoms with Crippen LogP contribution < -0.4 is 20.4 Å². The second-order valence-electron chi connectivity index (χ2n) is 14.4. The van der Waals surface area contributed by atoms with Crippen molar-refractivity contribution in [1.29, 1.82) is 0 Å². The molecule has 2 aliphatic heterocycles. The molecule has 270 valence electrons. The number of rotatable bonds is 8. The van der Waals surface area contributed by atoms with Gasteiger partial charge < -0.3 is 29.9 Å². The number of ketones is 2. The van der Waals surface area contributed by atoms with Gasteiger partial charge in [0.05, 0.1) is 0 Å². The molecule has 0 aliphatic carbocycles. The predicted octanol–water partition coefficient (Wildman–Crippen LogP) is 5.49. The number of carbonyl (C=O) groups is 4. The number of amides is 2. The first-order chi connectivity index (χ1) is 22.9. The summed E-state index contributed by atoms with van der Waals surface area (Å²) in [6.45, 7) is 18.5. The molecule has 2 amide bonds. The quantitative estimate of drug-likeness (QED) is 0.262. The summed E-state index contributed by atoms with van der Waals surface area (Å²) < 4.78 is 10.5. The molecule has 2 fully saturated rings. The number of carbonyl (C=O) groups excluding carboxylic acids is 4. The summed E-state index contributed by atoms with van der Waals surface area (Å²) >= 11 is 5.92. The van der Waals surface area contributed by atoms with Gasteiger partial charge in [-0.1, -0.05) is 0 Å². The van der Waals surface area contributed by atoms with Gasteiger partial charge >= 0.3 is 12.2 Å². The summed E-state index contributed by atoms with van der Waals surface area (Å²) in [5, 5.41) is 5.74. The molecule has 0 saturated carbocycles. The third kappa shape index (κ3) is 14.1. The second-order valence-corrected chi connectivity index (χ2v) is 14.7. The second kappa shape index (κ2) is 17.5. The molecule has 0 spiro atoms. The van der Waals surface area contributed by atoms with Crippen LogP contribution >= 0.6 is 11.6 Å². The lowest BCUT2D eigenvalue weighted by Crippen LogP contribution is -2.40. The van der Waals surface area contributed by atoms with Crippen molar-refractivity contribution < 1.29 is 28.7 Å². The molecule has 15 heteroatoms. The van der Waals surface area contributed by atoms with E-state index in [2.05, 4.69) is 40.4 Å². The van der Waals surface area contributed by atoms with Gasteiger partial charge in [-0.15, -0.1) is 0 Å². The van der Waals surface area contributed by atoms with Crippen LogP contribution in [0.2, 0.25) is 5.28 Å². The van der Waals surface area contributed by atoms with Gasteiger partial charge in [-0.3, -0.25) is 9.59 Å². The highest BCUT2D eigenvalue weighted by molar-refractivity contribution is 6.28. The summed E-state index contributed by atoms with van der Waals surface area (Å²) in [7, 11) is 0. The fraction of sp³-hybridized carbons (Fsp3) is 0.647. The normalized spacial score (nSPS) is 15.9. The Balaban J connectivity index is 0.000000266. The van der Waals surface area contributed by atoms with Gasteiger partial charge in [0.1, 0.15) is 40.6 Å². The third-order valence-corrected chi connectivity index (χ3v) is 7.97. The molecule has 49 heavy (non-hydrogen) atoms. The van der Waals surface area contributed by atoms with Crippen LogP contribution in [-0.2, 0) is 9.47 Å². The summed E-state index contributed by atoms with van der Waals surface area (Å²) in [6, 6.07) is 3.41. The van der Waals surface area contributed by atoms with Crippen molar-refractivity contribution in [2.45, 2.75) is 92.3 Å². The molecule has 2 aliphatic rings. The van der Waals surface area contributed by atoms with E-state index in [4.69, 9.17) is 21.1 Å². The highest BCUT2D eigenvalue weighted by atomic mass is 35.5. The van der Waals surface area contributed by atoms with Crippen molar-refractivity contribution in [1.82, 2.24) is 30.6 Å². The zero-order valence-electron chi connectivity index (χ0n) is 30.0. The maximum atomic E-state index is 11.7. The number of alkyl carbamates (subject to hydrolysis) is 2. The number of ether oxygens (including phenoxy) is 2. The Labute approximate surface area is 294 Å². The van der Waals surface area contributed by atoms with Crippen molar-refractivity contribution in [2.24, 2.45) is 11.8 Å². The van der Waals surface area contributed by atoms with E-state index in [-0.39, 0.29) is 29.0 Å². The Morgan fingerprint density at radius 2 is 1.14 bits per heavy atom. The standard InChI is InChI=1S/C17H25ClN4O3.C17H26N4O3/c1-11(23)13-9-14(21-15(18)20-13)22-7-5-12(6-8-22)10-19-16(24)25-17(2,3)4;1-12(22)14-9-15(20-11-19-14)21-7-5-13(6-8-21)10-18-16(23)24-17(2,3)4/h9,12H,5-8,10H2,1-4H3,(H,19,24);9,11,13H,5-8,10H2,1-4H3,(H,18,23). The smallest absolute Gasteiger partial charge is 0.407 e. The van der Waals surface area contributed by atoms with Gasteiger partial charge in [-0.2, -0.15) is 0 Å². The summed E-state index contributed by atoms with van der Waals surface area (Å²) in [6.07, 6.45) is 4.40. The van der Waals surface area contributed by atoms with E-state index in [1.165, 1.54) is 20.2 Å². The van der Waals surface area contributed by atoms with Crippen molar-refractivity contribution in [3.8, 4) is 0 Å². The Bertz CT molecular complexity index is 1440.